The second kappa shape index (κ2) is 34.6. The fourth-order valence-electron chi connectivity index (χ4n) is 5.79. The fourth-order valence-corrected chi connectivity index (χ4v) is 6.70. The van der Waals surface area contributed by atoms with Crippen molar-refractivity contribution in [3.63, 3.8) is 0 Å². The lowest BCUT2D eigenvalue weighted by Crippen LogP contribution is -2.49. The number of hydrogen-bond donors (Lipinski definition) is 2. The highest BCUT2D eigenvalue weighted by atomic mass is 32.2. The van der Waals surface area contributed by atoms with Crippen LogP contribution in [0.15, 0.2) is 0 Å². The van der Waals surface area contributed by atoms with Gasteiger partial charge in [0.15, 0.2) is 0 Å². The molecule has 47 heavy (non-hydrogen) atoms. The average molecular weight is 684 g/mol. The number of nitrogens with one attached hydrogen (secondary N) is 2. The Morgan fingerprint density at radius 3 is 1.62 bits per heavy atom. The highest BCUT2D eigenvalue weighted by molar-refractivity contribution is 7.99. The average Bonchev–Trinajstić information content (AvgIpc) is 3.05. The summed E-state index contributed by atoms with van der Waals surface area (Å²) in [5.41, 5.74) is 0. The Hall–Kier alpha value is -1.28. The van der Waals surface area contributed by atoms with Crippen molar-refractivity contribution in [1.29, 1.82) is 0 Å². The van der Waals surface area contributed by atoms with Crippen LogP contribution in [0.4, 0.5) is 0 Å². The fraction of sp³-hybridized carbons (Fsp3) is 0.923. The second-order valence-electron chi connectivity index (χ2n) is 13.8. The Morgan fingerprint density at radius 2 is 1.11 bits per heavy atom. The van der Waals surface area contributed by atoms with Gasteiger partial charge in [-0.1, -0.05) is 143 Å². The Morgan fingerprint density at radius 1 is 0.617 bits per heavy atom. The first-order chi connectivity index (χ1) is 22.8. The number of thioether (sulfide) groups is 1. The molecular formula is C39H77N3O4S. The van der Waals surface area contributed by atoms with Crippen LogP contribution in [-0.4, -0.2) is 74.0 Å². The van der Waals surface area contributed by atoms with Gasteiger partial charge in [0.2, 0.25) is 11.8 Å². The largest absolute Gasteiger partial charge is 0.466 e. The summed E-state index contributed by atoms with van der Waals surface area (Å²) >= 11 is 1.65. The van der Waals surface area contributed by atoms with Gasteiger partial charge in [-0.05, 0) is 45.5 Å². The summed E-state index contributed by atoms with van der Waals surface area (Å²) in [7, 11) is 3.97. The van der Waals surface area contributed by atoms with Gasteiger partial charge in [0.05, 0.1) is 13.0 Å². The number of amides is 2. The number of esters is 1. The molecule has 8 heteroatoms. The monoisotopic (exact) mass is 684 g/mol. The minimum Gasteiger partial charge on any atom is -0.466 e. The molecule has 2 unspecified atom stereocenters. The van der Waals surface area contributed by atoms with Crippen molar-refractivity contribution in [1.82, 2.24) is 15.5 Å². The van der Waals surface area contributed by atoms with E-state index in [1.807, 2.05) is 19.0 Å². The maximum Gasteiger partial charge on any atom is 0.306 e. The van der Waals surface area contributed by atoms with Crippen molar-refractivity contribution in [2.45, 2.75) is 181 Å². The first kappa shape index (κ1) is 45.7. The van der Waals surface area contributed by atoms with Crippen molar-refractivity contribution in [2.24, 2.45) is 5.92 Å². The third kappa shape index (κ3) is 30.5. The van der Waals surface area contributed by atoms with E-state index in [0.29, 0.717) is 37.5 Å². The predicted octanol–water partition coefficient (Wildman–Crippen LogP) is 9.46. The minimum atomic E-state index is -0.553. The Kier molecular flexibility index (Phi) is 33.6. The zero-order chi connectivity index (χ0) is 34.8. The van der Waals surface area contributed by atoms with Gasteiger partial charge in [0.25, 0.3) is 0 Å². The summed E-state index contributed by atoms with van der Waals surface area (Å²) in [5, 5.41) is 6.21. The number of carbonyl (C=O) groups excluding carboxylic acids is 3. The second-order valence-corrected chi connectivity index (χ2v) is 15.0. The zero-order valence-electron chi connectivity index (χ0n) is 31.6. The van der Waals surface area contributed by atoms with E-state index >= 15 is 0 Å². The maximum absolute atomic E-state index is 13.7. The first-order valence-electron chi connectivity index (χ1n) is 19.8. The van der Waals surface area contributed by atoms with Gasteiger partial charge in [-0.2, -0.15) is 11.8 Å². The van der Waals surface area contributed by atoms with Gasteiger partial charge in [-0.15, -0.1) is 0 Å². The van der Waals surface area contributed by atoms with Crippen LogP contribution in [0.25, 0.3) is 0 Å². The normalized spacial score (nSPS) is 12.6. The number of hydrogen-bond acceptors (Lipinski definition) is 6. The van der Waals surface area contributed by atoms with Gasteiger partial charge in [-0.3, -0.25) is 14.4 Å². The molecular weight excluding hydrogens is 607 g/mol. The SMILES string of the molecule is CCCCCCCCCCC(CCCCCCCC)C(=O)NC(CCSCCC(=O)OCCCCCCCC)C(=O)NCCN(C)C. The third-order valence-corrected chi connectivity index (χ3v) is 9.95. The predicted molar refractivity (Wildman–Crippen MR) is 203 cm³/mol. The number of rotatable bonds is 35. The molecule has 0 aromatic heterocycles. The minimum absolute atomic E-state index is 0.0348. The molecule has 0 saturated carbocycles. The highest BCUT2D eigenvalue weighted by Gasteiger charge is 2.25. The maximum atomic E-state index is 13.7. The number of unbranched alkanes of at least 4 members (excludes halogenated alkanes) is 17. The van der Waals surface area contributed by atoms with Crippen molar-refractivity contribution >= 4 is 29.5 Å². The van der Waals surface area contributed by atoms with Gasteiger partial charge < -0.3 is 20.3 Å². The van der Waals surface area contributed by atoms with Crippen molar-refractivity contribution in [3.8, 4) is 0 Å². The number of likely N-dealkylation sites (N-methyl/N-ethyl adjacent to an activating group) is 1. The molecule has 0 aliphatic heterocycles. The molecule has 2 atom stereocenters. The van der Waals surface area contributed by atoms with E-state index in [2.05, 4.69) is 31.4 Å². The number of ether oxygens (including phenoxy) is 1. The molecule has 0 radical (unpaired) electrons. The van der Waals surface area contributed by atoms with E-state index in [9.17, 15) is 14.4 Å². The first-order valence-corrected chi connectivity index (χ1v) is 21.0. The lowest BCUT2D eigenvalue weighted by atomic mass is 9.93. The Balaban J connectivity index is 4.89. The van der Waals surface area contributed by atoms with E-state index in [-0.39, 0.29) is 23.7 Å². The van der Waals surface area contributed by atoms with E-state index in [0.717, 1.165) is 45.1 Å². The smallest absolute Gasteiger partial charge is 0.306 e. The molecule has 2 amide bonds. The molecule has 2 N–H and O–H groups in total. The molecule has 0 aliphatic carbocycles. The lowest BCUT2D eigenvalue weighted by molar-refractivity contribution is -0.143. The summed E-state index contributed by atoms with van der Waals surface area (Å²) in [6.07, 6.45) is 27.1. The molecule has 0 aliphatic rings. The van der Waals surface area contributed by atoms with Crippen LogP contribution in [0.3, 0.4) is 0 Å². The van der Waals surface area contributed by atoms with E-state index in [4.69, 9.17) is 4.74 Å². The third-order valence-electron chi connectivity index (χ3n) is 8.94. The van der Waals surface area contributed by atoms with Crippen LogP contribution in [0.5, 0.6) is 0 Å². The molecule has 0 saturated heterocycles. The molecule has 278 valence electrons. The van der Waals surface area contributed by atoms with E-state index in [1.165, 1.54) is 103 Å². The van der Waals surface area contributed by atoms with Gasteiger partial charge in [0.1, 0.15) is 6.04 Å². The van der Waals surface area contributed by atoms with Crippen LogP contribution >= 0.6 is 11.8 Å². The summed E-state index contributed by atoms with van der Waals surface area (Å²) in [5.74, 6) is 1.12. The molecule has 0 bridgehead atoms. The summed E-state index contributed by atoms with van der Waals surface area (Å²) in [4.78, 5) is 41.1. The van der Waals surface area contributed by atoms with Crippen molar-refractivity contribution < 1.29 is 19.1 Å². The Bertz CT molecular complexity index is 737. The standard InChI is InChI=1S/C39H77N3O4S/c1-6-9-12-15-18-19-21-24-27-35(26-23-20-16-13-10-7-2)38(44)41-36(39(45)40-30-31-42(4)5)28-33-47-34-29-37(43)46-32-25-22-17-14-11-8-3/h35-36H,6-34H2,1-5H3,(H,40,45)(H,41,44). The zero-order valence-corrected chi connectivity index (χ0v) is 32.5. The van der Waals surface area contributed by atoms with Crippen molar-refractivity contribution in [3.05, 3.63) is 0 Å². The van der Waals surface area contributed by atoms with Gasteiger partial charge >= 0.3 is 5.97 Å². The summed E-state index contributed by atoms with van der Waals surface area (Å²) < 4.78 is 5.41. The number of nitrogens with zero attached hydrogens (tertiary/aromatic N) is 1. The summed E-state index contributed by atoms with van der Waals surface area (Å²) in [6, 6.07) is -0.553. The van der Waals surface area contributed by atoms with E-state index in [1.54, 1.807) is 11.8 Å². The molecule has 0 aromatic rings. The molecule has 7 nitrogen and oxygen atoms in total. The number of carbonyl (C=O) groups is 3. The van der Waals surface area contributed by atoms with E-state index < -0.39 is 6.04 Å². The molecule has 0 heterocycles. The van der Waals surface area contributed by atoms with Crippen LogP contribution < -0.4 is 10.6 Å². The van der Waals surface area contributed by atoms with Crippen LogP contribution in [0, 0.1) is 5.92 Å². The topological polar surface area (TPSA) is 87.7 Å². The van der Waals surface area contributed by atoms with Crippen LogP contribution in [0.1, 0.15) is 175 Å². The van der Waals surface area contributed by atoms with Crippen molar-refractivity contribution in [2.75, 3.05) is 45.3 Å². The molecule has 0 fully saturated rings. The van der Waals surface area contributed by atoms with Crippen LogP contribution in [0.2, 0.25) is 0 Å². The molecule has 0 spiro atoms. The molecule has 0 rings (SSSR count). The van der Waals surface area contributed by atoms with Crippen LogP contribution in [-0.2, 0) is 19.1 Å². The van der Waals surface area contributed by atoms with Gasteiger partial charge in [0, 0.05) is 24.8 Å². The van der Waals surface area contributed by atoms with Gasteiger partial charge in [-0.25, -0.2) is 0 Å². The lowest BCUT2D eigenvalue weighted by Gasteiger charge is -2.23. The Labute approximate surface area is 295 Å². The highest BCUT2D eigenvalue weighted by Crippen LogP contribution is 2.21. The summed E-state index contributed by atoms with van der Waals surface area (Å²) in [6.45, 7) is 8.51. The molecule has 0 aromatic carbocycles. The quantitative estimate of drug-likeness (QED) is 0.0511.